The van der Waals surface area contributed by atoms with Crippen LogP contribution < -0.4 is 10.5 Å². The molecule has 1 fully saturated rings. The van der Waals surface area contributed by atoms with Crippen LogP contribution in [0.15, 0.2) is 16.9 Å². The molecule has 0 aliphatic heterocycles. The number of nitriles is 1. The fourth-order valence-electron chi connectivity index (χ4n) is 3.03. The van der Waals surface area contributed by atoms with Crippen molar-refractivity contribution in [3.8, 4) is 6.07 Å². The third-order valence-electron chi connectivity index (χ3n) is 4.73. The monoisotopic (exact) mass is 296 g/mol. The molecule has 5 heteroatoms. The van der Waals surface area contributed by atoms with E-state index in [0.29, 0.717) is 17.6 Å². The van der Waals surface area contributed by atoms with E-state index in [1.807, 2.05) is 26.1 Å². The van der Waals surface area contributed by atoms with Crippen LogP contribution in [0.4, 0.5) is 5.69 Å². The Hall–Kier alpha value is -2.35. The molecule has 1 atom stereocenters. The highest BCUT2D eigenvalue weighted by atomic mass is 16.1. The number of hydrogen-bond acceptors (Lipinski definition) is 4. The van der Waals surface area contributed by atoms with Crippen molar-refractivity contribution in [3.05, 3.63) is 33.7 Å². The van der Waals surface area contributed by atoms with E-state index in [-0.39, 0.29) is 11.1 Å². The Balaban J connectivity index is 2.35. The highest BCUT2D eigenvalue weighted by Crippen LogP contribution is 2.38. The minimum atomic E-state index is -0.259. The zero-order valence-corrected chi connectivity index (χ0v) is 13.4. The summed E-state index contributed by atoms with van der Waals surface area (Å²) >= 11 is 0. The molecule has 0 radical (unpaired) electrons. The summed E-state index contributed by atoms with van der Waals surface area (Å²) < 4.78 is 1.51. The zero-order chi connectivity index (χ0) is 16.0. The first-order chi connectivity index (χ1) is 10.5. The number of anilines is 1. The van der Waals surface area contributed by atoms with Gasteiger partial charge in [0, 0.05) is 25.8 Å². The molecule has 2 aromatic rings. The number of aryl methyl sites for hydroxylation is 2. The second-order valence-corrected chi connectivity index (χ2v) is 6.21. The maximum Gasteiger partial charge on any atom is 0.270 e. The van der Waals surface area contributed by atoms with E-state index in [2.05, 4.69) is 22.9 Å². The number of fused-ring (bicyclic) bond motifs is 1. The molecule has 3 rings (SSSR count). The van der Waals surface area contributed by atoms with Crippen LogP contribution in [0, 0.1) is 24.2 Å². The predicted molar refractivity (Wildman–Crippen MR) is 87.0 cm³/mol. The van der Waals surface area contributed by atoms with Crippen molar-refractivity contribution in [1.29, 1.82) is 5.26 Å². The normalized spacial score (nSPS) is 15.6. The lowest BCUT2D eigenvalue weighted by molar-refractivity contribution is 0.609. The molecule has 0 spiro atoms. The standard InChI is InChI=1S/C17H20N4O/c1-10-5-8-14-15(19-10)16(13(9-18)17(22)21(14)4)20(3)11(2)12-6-7-12/h5,8,11-12H,6-7H2,1-4H3. The third kappa shape index (κ3) is 2.16. The number of nitrogens with zero attached hydrogens (tertiary/aromatic N) is 4. The minimum absolute atomic E-state index is 0.183. The topological polar surface area (TPSA) is 61.9 Å². The van der Waals surface area contributed by atoms with Crippen molar-refractivity contribution < 1.29 is 0 Å². The van der Waals surface area contributed by atoms with Crippen LogP contribution in [0.5, 0.6) is 0 Å². The lowest BCUT2D eigenvalue weighted by Gasteiger charge is -2.29. The Morgan fingerprint density at radius 3 is 2.73 bits per heavy atom. The highest BCUT2D eigenvalue weighted by molar-refractivity contribution is 5.91. The molecule has 114 valence electrons. The average Bonchev–Trinajstić information content (AvgIpc) is 3.33. The fraction of sp³-hybridized carbons (Fsp3) is 0.471. The summed E-state index contributed by atoms with van der Waals surface area (Å²) in [5.41, 5.74) is 2.97. The maximum atomic E-state index is 12.5. The fourth-order valence-corrected chi connectivity index (χ4v) is 3.03. The van der Waals surface area contributed by atoms with Gasteiger partial charge in [-0.25, -0.2) is 4.98 Å². The van der Waals surface area contributed by atoms with Gasteiger partial charge in [-0.15, -0.1) is 0 Å². The zero-order valence-electron chi connectivity index (χ0n) is 13.4. The van der Waals surface area contributed by atoms with Gasteiger partial charge in [-0.1, -0.05) is 0 Å². The van der Waals surface area contributed by atoms with E-state index in [0.717, 1.165) is 16.7 Å². The Kier molecular flexibility index (Phi) is 3.40. The van der Waals surface area contributed by atoms with Crippen LogP contribution in [0.25, 0.3) is 11.0 Å². The summed E-state index contributed by atoms with van der Waals surface area (Å²) in [5, 5.41) is 9.52. The van der Waals surface area contributed by atoms with Crippen molar-refractivity contribution in [2.75, 3.05) is 11.9 Å². The van der Waals surface area contributed by atoms with E-state index in [4.69, 9.17) is 0 Å². The van der Waals surface area contributed by atoms with Crippen LogP contribution >= 0.6 is 0 Å². The molecule has 5 nitrogen and oxygen atoms in total. The SMILES string of the molecule is Cc1ccc2c(n1)c(N(C)C(C)C1CC1)c(C#N)c(=O)n2C. The van der Waals surface area contributed by atoms with Crippen LogP contribution in [0.2, 0.25) is 0 Å². The largest absolute Gasteiger partial charge is 0.369 e. The average molecular weight is 296 g/mol. The van der Waals surface area contributed by atoms with Gasteiger partial charge >= 0.3 is 0 Å². The lowest BCUT2D eigenvalue weighted by Crippen LogP contribution is -2.34. The van der Waals surface area contributed by atoms with Crippen molar-refractivity contribution in [1.82, 2.24) is 9.55 Å². The van der Waals surface area contributed by atoms with Crippen molar-refractivity contribution in [3.63, 3.8) is 0 Å². The van der Waals surface area contributed by atoms with Gasteiger partial charge in [0.2, 0.25) is 0 Å². The molecule has 1 aliphatic carbocycles. The molecular weight excluding hydrogens is 276 g/mol. The first-order valence-electron chi connectivity index (χ1n) is 7.59. The van der Waals surface area contributed by atoms with E-state index < -0.39 is 0 Å². The van der Waals surface area contributed by atoms with Crippen LogP contribution in [0.3, 0.4) is 0 Å². The summed E-state index contributed by atoms with van der Waals surface area (Å²) in [5.74, 6) is 0.639. The molecule has 2 heterocycles. The van der Waals surface area contributed by atoms with E-state index in [9.17, 15) is 10.1 Å². The number of rotatable bonds is 3. The Morgan fingerprint density at radius 1 is 1.45 bits per heavy atom. The van der Waals surface area contributed by atoms with Gasteiger partial charge in [0.1, 0.15) is 17.1 Å². The van der Waals surface area contributed by atoms with Gasteiger partial charge in [-0.3, -0.25) is 4.79 Å². The van der Waals surface area contributed by atoms with Gasteiger partial charge < -0.3 is 9.47 Å². The second kappa shape index (κ2) is 5.13. The Bertz CT molecular complexity index is 842. The number of hydrogen-bond donors (Lipinski definition) is 0. The number of aromatic nitrogens is 2. The molecule has 2 aromatic heterocycles. The van der Waals surface area contributed by atoms with Crippen molar-refractivity contribution in [2.24, 2.45) is 13.0 Å². The minimum Gasteiger partial charge on any atom is -0.369 e. The third-order valence-corrected chi connectivity index (χ3v) is 4.73. The quantitative estimate of drug-likeness (QED) is 0.872. The molecule has 0 aromatic carbocycles. The lowest BCUT2D eigenvalue weighted by atomic mass is 10.1. The van der Waals surface area contributed by atoms with Gasteiger partial charge in [-0.05, 0) is 44.7 Å². The van der Waals surface area contributed by atoms with Crippen molar-refractivity contribution in [2.45, 2.75) is 32.7 Å². The second-order valence-electron chi connectivity index (χ2n) is 6.21. The Labute approximate surface area is 129 Å². The smallest absolute Gasteiger partial charge is 0.270 e. The van der Waals surface area contributed by atoms with Crippen LogP contribution in [0.1, 0.15) is 31.0 Å². The van der Waals surface area contributed by atoms with E-state index in [1.165, 1.54) is 17.4 Å². The molecular formula is C17H20N4O. The summed E-state index contributed by atoms with van der Waals surface area (Å²) in [6, 6.07) is 6.19. The summed E-state index contributed by atoms with van der Waals surface area (Å²) in [4.78, 5) is 19.2. The molecule has 0 amide bonds. The Morgan fingerprint density at radius 2 is 2.14 bits per heavy atom. The summed E-state index contributed by atoms with van der Waals surface area (Å²) in [7, 11) is 3.65. The van der Waals surface area contributed by atoms with E-state index >= 15 is 0 Å². The molecule has 0 N–H and O–H groups in total. The van der Waals surface area contributed by atoms with Crippen LogP contribution in [-0.4, -0.2) is 22.6 Å². The first kappa shape index (κ1) is 14.6. The van der Waals surface area contributed by atoms with E-state index in [1.54, 1.807) is 7.05 Å². The maximum absolute atomic E-state index is 12.5. The van der Waals surface area contributed by atoms with Gasteiger partial charge in [-0.2, -0.15) is 5.26 Å². The highest BCUT2D eigenvalue weighted by Gasteiger charge is 2.33. The number of pyridine rings is 2. The molecule has 1 saturated carbocycles. The van der Waals surface area contributed by atoms with Gasteiger partial charge in [0.25, 0.3) is 5.56 Å². The molecule has 1 unspecified atom stereocenters. The predicted octanol–water partition coefficient (Wildman–Crippen LogP) is 2.35. The van der Waals surface area contributed by atoms with Gasteiger partial charge in [0.05, 0.1) is 11.2 Å². The van der Waals surface area contributed by atoms with Gasteiger partial charge in [0.15, 0.2) is 0 Å². The molecule has 0 bridgehead atoms. The molecule has 1 aliphatic rings. The summed E-state index contributed by atoms with van der Waals surface area (Å²) in [6.45, 7) is 4.07. The summed E-state index contributed by atoms with van der Waals surface area (Å²) in [6.07, 6.45) is 2.42. The van der Waals surface area contributed by atoms with Crippen molar-refractivity contribution >= 4 is 16.7 Å². The molecule has 22 heavy (non-hydrogen) atoms. The first-order valence-corrected chi connectivity index (χ1v) is 7.59. The molecule has 0 saturated heterocycles. The van der Waals surface area contributed by atoms with Crippen LogP contribution in [-0.2, 0) is 7.05 Å².